The molecule has 1 unspecified atom stereocenters. The molecule has 17 nitrogen and oxygen atoms in total. The molecule has 47 heavy (non-hydrogen) atoms. The Morgan fingerprint density at radius 1 is 1.26 bits per heavy atom. The van der Waals surface area contributed by atoms with Gasteiger partial charge in [0.15, 0.2) is 16.5 Å². The maximum atomic E-state index is 13.5. The number of thiazole rings is 1. The molecule has 1 fully saturated rings. The van der Waals surface area contributed by atoms with Gasteiger partial charge in [-0.3, -0.25) is 29.4 Å². The lowest BCUT2D eigenvalue weighted by atomic mass is 10.0. The topological polar surface area (TPSA) is 218 Å². The summed E-state index contributed by atoms with van der Waals surface area (Å²) in [5.74, 6) is -2.97. The average Bonchev–Trinajstić information content (AvgIpc) is 3.38. The number of thioether (sulfide) groups is 1. The number of rotatable bonds is 13. The Labute approximate surface area is 279 Å². The predicted molar refractivity (Wildman–Crippen MR) is 167 cm³/mol. The first-order valence-electron chi connectivity index (χ1n) is 13.5. The lowest BCUT2D eigenvalue weighted by molar-refractivity contribution is -0.384. The molecule has 3 heterocycles. The van der Waals surface area contributed by atoms with Crippen LogP contribution >= 0.6 is 34.7 Å². The Morgan fingerprint density at radius 2 is 1.96 bits per heavy atom. The number of hydrogen-bond donors (Lipinski definition) is 2. The number of fused-ring (bicyclic) bond motifs is 1. The highest BCUT2D eigenvalue weighted by atomic mass is 35.5. The number of nitrogens with one attached hydrogen (secondary N) is 2. The summed E-state index contributed by atoms with van der Waals surface area (Å²) in [4.78, 5) is 83.6. The van der Waals surface area contributed by atoms with E-state index >= 15 is 0 Å². The van der Waals surface area contributed by atoms with Gasteiger partial charge in [-0.2, -0.15) is 0 Å². The fraction of sp³-hybridized carbons (Fsp3) is 0.370. The van der Waals surface area contributed by atoms with E-state index in [9.17, 15) is 34.1 Å². The first-order valence-corrected chi connectivity index (χ1v) is 15.7. The van der Waals surface area contributed by atoms with Gasteiger partial charge >= 0.3 is 11.9 Å². The molecule has 0 aliphatic carbocycles. The second-order valence-electron chi connectivity index (χ2n) is 10.5. The molecule has 0 bridgehead atoms. The zero-order valence-corrected chi connectivity index (χ0v) is 27.5. The van der Waals surface area contributed by atoms with Crippen molar-refractivity contribution in [2.24, 2.45) is 5.16 Å². The minimum Gasteiger partial charge on any atom is -0.498 e. The van der Waals surface area contributed by atoms with E-state index < -0.39 is 58.0 Å². The molecule has 1 saturated heterocycles. The van der Waals surface area contributed by atoms with Crippen molar-refractivity contribution >= 4 is 81.4 Å². The second kappa shape index (κ2) is 14.8. The van der Waals surface area contributed by atoms with Gasteiger partial charge in [-0.05, 0) is 38.5 Å². The minimum absolute atomic E-state index is 0.0375. The summed E-state index contributed by atoms with van der Waals surface area (Å²) in [6.07, 6.45) is 0.354. The average molecular weight is 711 g/mol. The fourth-order valence-corrected chi connectivity index (χ4v) is 6.47. The molecule has 3 amide bonds. The van der Waals surface area contributed by atoms with E-state index in [2.05, 4.69) is 20.8 Å². The lowest BCUT2D eigenvalue weighted by Crippen LogP contribution is -2.71. The Morgan fingerprint density at radius 3 is 2.57 bits per heavy atom. The number of nitrogens with zero attached hydrogens (tertiary/aromatic N) is 4. The van der Waals surface area contributed by atoms with Crippen molar-refractivity contribution in [1.29, 1.82) is 0 Å². The Bertz CT molecular complexity index is 1650. The van der Waals surface area contributed by atoms with Crippen molar-refractivity contribution in [1.82, 2.24) is 15.2 Å². The molecule has 0 radical (unpaired) electrons. The summed E-state index contributed by atoms with van der Waals surface area (Å²) in [7, 11) is 1.33. The van der Waals surface area contributed by atoms with Crippen LogP contribution in [0.3, 0.4) is 0 Å². The van der Waals surface area contributed by atoms with Crippen LogP contribution in [-0.4, -0.2) is 87.2 Å². The van der Waals surface area contributed by atoms with Crippen molar-refractivity contribution in [3.05, 3.63) is 61.4 Å². The number of methoxy groups -OCH3 is 1. The maximum absolute atomic E-state index is 13.5. The summed E-state index contributed by atoms with van der Waals surface area (Å²) in [5, 5.41) is 18.8. The smallest absolute Gasteiger partial charge is 0.358 e. The van der Waals surface area contributed by atoms with Crippen molar-refractivity contribution in [3.8, 4) is 0 Å². The number of carbonyl (C=O) groups excluding carboxylic acids is 5. The summed E-state index contributed by atoms with van der Waals surface area (Å²) < 4.78 is 15.8. The molecule has 2 atom stereocenters. The normalized spacial score (nSPS) is 17.6. The predicted octanol–water partition coefficient (Wildman–Crippen LogP) is 2.34. The number of halogens is 1. The summed E-state index contributed by atoms with van der Waals surface area (Å²) >= 11 is 8.29. The molecule has 20 heteroatoms. The number of hydrogen-bond acceptors (Lipinski definition) is 15. The van der Waals surface area contributed by atoms with Crippen LogP contribution in [0.4, 0.5) is 10.8 Å². The van der Waals surface area contributed by atoms with Gasteiger partial charge in [-0.15, -0.1) is 11.8 Å². The molecular formula is C27H27ClN6O11S2. The Kier molecular flexibility index (Phi) is 11.0. The highest BCUT2D eigenvalue weighted by Gasteiger charge is 2.55. The lowest BCUT2D eigenvalue weighted by Gasteiger charge is -2.49. The van der Waals surface area contributed by atoms with Crippen LogP contribution in [0.1, 0.15) is 32.0 Å². The van der Waals surface area contributed by atoms with Gasteiger partial charge in [-0.1, -0.05) is 28.1 Å². The summed E-state index contributed by atoms with van der Waals surface area (Å²) in [5.41, 5.74) is -1.32. The molecule has 1 aromatic carbocycles. The maximum Gasteiger partial charge on any atom is 0.358 e. The number of non-ortho nitro benzene ring substituents is 1. The van der Waals surface area contributed by atoms with E-state index in [1.54, 1.807) is 20.8 Å². The van der Waals surface area contributed by atoms with Gasteiger partial charge in [0, 0.05) is 12.1 Å². The van der Waals surface area contributed by atoms with E-state index in [4.69, 9.17) is 30.6 Å². The highest BCUT2D eigenvalue weighted by Crippen LogP contribution is 2.41. The van der Waals surface area contributed by atoms with Crippen LogP contribution in [0.25, 0.3) is 0 Å². The molecule has 250 valence electrons. The Hall–Kier alpha value is -4.75. The largest absolute Gasteiger partial charge is 0.498 e. The summed E-state index contributed by atoms with van der Waals surface area (Å²) in [6.45, 7) is 4.05. The number of carbonyl (C=O) groups is 5. The number of ether oxygens (including phenoxy) is 3. The van der Waals surface area contributed by atoms with E-state index in [1.165, 1.54) is 43.1 Å². The molecule has 2 aliphatic rings. The highest BCUT2D eigenvalue weighted by molar-refractivity contribution is 8.00. The van der Waals surface area contributed by atoms with Gasteiger partial charge in [0.1, 0.15) is 39.4 Å². The number of nitro benzene ring substituents is 1. The van der Waals surface area contributed by atoms with Crippen LogP contribution in [0.15, 0.2) is 40.9 Å². The number of oxime groups is 1. The number of nitro groups is 1. The number of aromatic nitrogens is 1. The second-order valence-corrected chi connectivity index (χ2v) is 13.2. The molecule has 4 rings (SSSR count). The molecule has 2 aromatic rings. The van der Waals surface area contributed by atoms with Crippen molar-refractivity contribution in [2.75, 3.05) is 24.8 Å². The van der Waals surface area contributed by atoms with Crippen molar-refractivity contribution in [2.45, 2.75) is 44.4 Å². The van der Waals surface area contributed by atoms with Crippen molar-refractivity contribution < 1.29 is 47.9 Å². The minimum atomic E-state index is -1.15. The number of β-lactam (4-membered cyclic amide) rings is 1. The van der Waals surface area contributed by atoms with Crippen LogP contribution in [0, 0.1) is 10.1 Å². The van der Waals surface area contributed by atoms with Gasteiger partial charge in [-0.25, -0.2) is 14.6 Å². The Balaban J connectivity index is 1.49. The summed E-state index contributed by atoms with van der Waals surface area (Å²) in [6, 6.07) is 4.24. The van der Waals surface area contributed by atoms with Gasteiger partial charge in [0.05, 0.1) is 17.8 Å². The van der Waals surface area contributed by atoms with E-state index in [0.29, 0.717) is 12.0 Å². The first kappa shape index (κ1) is 35.1. The fourth-order valence-electron chi connectivity index (χ4n) is 4.15. The van der Waals surface area contributed by atoms with Gasteiger partial charge in [0.25, 0.3) is 17.5 Å². The first-order chi connectivity index (χ1) is 22.2. The number of amides is 3. The number of benzene rings is 1. The van der Waals surface area contributed by atoms with Crippen LogP contribution < -0.4 is 10.6 Å². The zero-order valence-electron chi connectivity index (χ0n) is 25.1. The van der Waals surface area contributed by atoms with Crippen LogP contribution in [0.5, 0.6) is 0 Å². The van der Waals surface area contributed by atoms with E-state index in [0.717, 1.165) is 16.2 Å². The van der Waals surface area contributed by atoms with Crippen LogP contribution in [0.2, 0.25) is 4.34 Å². The van der Waals surface area contributed by atoms with E-state index in [-0.39, 0.29) is 44.7 Å². The van der Waals surface area contributed by atoms with Crippen LogP contribution in [-0.2, 0) is 49.6 Å². The molecular weight excluding hydrogens is 684 g/mol. The third kappa shape index (κ3) is 8.35. The monoisotopic (exact) mass is 710 g/mol. The third-order valence-electron chi connectivity index (χ3n) is 6.14. The number of esters is 2. The standard InChI is InChI=1S/C27H27ClN6O11S2/c1-27(2,3)45-16(36)10-44-32-18(17-21(28)47-26(31-17)29-12-35)22(37)30-19-23(38)33-20(15(42-4)11-46-24(19)33)25(39)43-9-13-5-7-14(8-6-13)34(40)41/h5-8,12,19,24H,9-11H2,1-4H3,(H,30,37)(H,29,31,35)/b32-18-/t19?,24-/m0/s1. The molecule has 2 N–H and O–H groups in total. The zero-order chi connectivity index (χ0) is 34.5. The third-order valence-corrected chi connectivity index (χ3v) is 8.58. The molecule has 1 aromatic heterocycles. The van der Waals surface area contributed by atoms with E-state index in [1.807, 2.05) is 0 Å². The molecule has 2 aliphatic heterocycles. The van der Waals surface area contributed by atoms with Gasteiger partial charge in [0.2, 0.25) is 13.0 Å². The van der Waals surface area contributed by atoms with Crippen molar-refractivity contribution in [3.63, 3.8) is 0 Å². The quantitative estimate of drug-likeness (QED) is 0.0763. The SMILES string of the molecule is COC1=C(C(=O)OCc2ccc([N+](=O)[O-])cc2)N2C(=O)C(NC(=O)/C(=N\OCC(=O)OC(C)(C)C)c3nc(NC=O)sc3Cl)[C@@H]2SC1. The molecule has 0 spiro atoms. The van der Waals surface area contributed by atoms with Gasteiger partial charge < -0.3 is 29.7 Å². The molecule has 0 saturated carbocycles. The number of anilines is 1.